The SMILES string of the molecule is CNC(=O)c1cnc(N)c2[nH]c(-c3ccc(-c4nc(C)c(C)n4C)cc3F)cc12. The van der Waals surface area contributed by atoms with Crippen LogP contribution in [0.15, 0.2) is 30.5 Å². The van der Waals surface area contributed by atoms with Gasteiger partial charge < -0.3 is 20.6 Å². The normalized spacial score (nSPS) is 11.2. The Morgan fingerprint density at radius 3 is 2.66 bits per heavy atom. The summed E-state index contributed by atoms with van der Waals surface area (Å²) in [6.45, 7) is 3.90. The Bertz CT molecular complexity index is 1270. The fraction of sp³-hybridized carbons (Fsp3) is 0.190. The molecular formula is C21H21FN6O. The molecule has 1 aromatic carbocycles. The molecule has 0 spiro atoms. The van der Waals surface area contributed by atoms with Gasteiger partial charge in [0, 0.05) is 48.2 Å². The third-order valence-electron chi connectivity index (χ3n) is 5.30. The molecule has 7 nitrogen and oxygen atoms in total. The van der Waals surface area contributed by atoms with Gasteiger partial charge in [-0.2, -0.15) is 0 Å². The monoisotopic (exact) mass is 392 g/mol. The van der Waals surface area contributed by atoms with Gasteiger partial charge in [0.1, 0.15) is 17.5 Å². The predicted molar refractivity (Wildman–Crippen MR) is 111 cm³/mol. The highest BCUT2D eigenvalue weighted by atomic mass is 19.1. The van der Waals surface area contributed by atoms with Crippen LogP contribution in [-0.4, -0.2) is 32.5 Å². The number of halogens is 1. The van der Waals surface area contributed by atoms with Crippen LogP contribution in [0.4, 0.5) is 10.2 Å². The molecule has 4 rings (SSSR count). The lowest BCUT2D eigenvalue weighted by molar-refractivity contribution is 0.0964. The summed E-state index contributed by atoms with van der Waals surface area (Å²) >= 11 is 0. The topological polar surface area (TPSA) is 102 Å². The second-order valence-corrected chi connectivity index (χ2v) is 6.97. The number of nitrogens with two attached hydrogens (primary N) is 1. The average Bonchev–Trinajstić information content (AvgIpc) is 3.25. The number of nitrogens with zero attached hydrogens (tertiary/aromatic N) is 3. The van der Waals surface area contributed by atoms with Crippen molar-refractivity contribution in [1.29, 1.82) is 0 Å². The number of aromatic nitrogens is 4. The molecule has 0 aliphatic heterocycles. The van der Waals surface area contributed by atoms with Gasteiger partial charge in [-0.25, -0.2) is 14.4 Å². The Balaban J connectivity index is 1.83. The number of carbonyl (C=O) groups is 1. The lowest BCUT2D eigenvalue weighted by Crippen LogP contribution is -2.18. The third kappa shape index (κ3) is 2.93. The minimum atomic E-state index is -0.402. The van der Waals surface area contributed by atoms with Crippen molar-refractivity contribution in [2.75, 3.05) is 12.8 Å². The Morgan fingerprint density at radius 1 is 1.28 bits per heavy atom. The van der Waals surface area contributed by atoms with Crippen LogP contribution in [-0.2, 0) is 7.05 Å². The van der Waals surface area contributed by atoms with Gasteiger partial charge in [0.25, 0.3) is 5.91 Å². The molecule has 3 heterocycles. The first-order valence-corrected chi connectivity index (χ1v) is 9.11. The molecule has 0 saturated heterocycles. The minimum absolute atomic E-state index is 0.245. The molecule has 0 atom stereocenters. The molecule has 8 heteroatoms. The van der Waals surface area contributed by atoms with Crippen LogP contribution >= 0.6 is 0 Å². The largest absolute Gasteiger partial charge is 0.382 e. The zero-order chi connectivity index (χ0) is 20.9. The Kier molecular flexibility index (Phi) is 4.34. The van der Waals surface area contributed by atoms with E-state index in [2.05, 4.69) is 20.3 Å². The number of aromatic amines is 1. The fourth-order valence-corrected chi connectivity index (χ4v) is 3.45. The predicted octanol–water partition coefficient (Wildman–Crippen LogP) is 3.33. The van der Waals surface area contributed by atoms with E-state index >= 15 is 4.39 Å². The first kappa shape index (κ1) is 18.7. The standard InChI is InChI=1S/C21H21FN6O/c1-10-11(2)28(4)20(26-10)12-5-6-13(16(22)7-12)17-8-14-15(21(29)24-3)9-25-19(23)18(14)27-17/h5-9,27H,1-4H3,(H2,23,25)(H,24,29). The molecule has 148 valence electrons. The first-order valence-electron chi connectivity index (χ1n) is 9.11. The summed E-state index contributed by atoms with van der Waals surface area (Å²) < 4.78 is 17.0. The number of rotatable bonds is 3. The van der Waals surface area contributed by atoms with Crippen molar-refractivity contribution in [3.8, 4) is 22.6 Å². The number of hydrogen-bond acceptors (Lipinski definition) is 4. The van der Waals surface area contributed by atoms with Gasteiger partial charge in [-0.15, -0.1) is 0 Å². The highest BCUT2D eigenvalue weighted by Gasteiger charge is 2.18. The minimum Gasteiger partial charge on any atom is -0.382 e. The van der Waals surface area contributed by atoms with Crippen molar-refractivity contribution in [2.45, 2.75) is 13.8 Å². The van der Waals surface area contributed by atoms with Crippen molar-refractivity contribution < 1.29 is 9.18 Å². The molecule has 0 aliphatic rings. The molecular weight excluding hydrogens is 371 g/mol. The van der Waals surface area contributed by atoms with Crippen LogP contribution in [0, 0.1) is 19.7 Å². The lowest BCUT2D eigenvalue weighted by Gasteiger charge is -2.06. The summed E-state index contributed by atoms with van der Waals surface area (Å²) in [6.07, 6.45) is 1.42. The Labute approximate surface area is 166 Å². The summed E-state index contributed by atoms with van der Waals surface area (Å²) in [7, 11) is 3.45. The van der Waals surface area contributed by atoms with Crippen molar-refractivity contribution >= 4 is 22.6 Å². The number of fused-ring (bicyclic) bond motifs is 1. The van der Waals surface area contributed by atoms with E-state index in [0.717, 1.165) is 11.4 Å². The van der Waals surface area contributed by atoms with Crippen LogP contribution in [0.25, 0.3) is 33.5 Å². The van der Waals surface area contributed by atoms with Crippen LogP contribution in [0.3, 0.4) is 0 Å². The van der Waals surface area contributed by atoms with Crippen molar-refractivity contribution in [2.24, 2.45) is 7.05 Å². The van der Waals surface area contributed by atoms with E-state index in [9.17, 15) is 4.79 Å². The zero-order valence-corrected chi connectivity index (χ0v) is 16.6. The van der Waals surface area contributed by atoms with Crippen molar-refractivity contribution in [1.82, 2.24) is 24.8 Å². The highest BCUT2D eigenvalue weighted by Crippen LogP contribution is 2.32. The maximum atomic E-state index is 15.0. The van der Waals surface area contributed by atoms with Gasteiger partial charge in [-0.05, 0) is 32.0 Å². The molecule has 0 saturated carbocycles. The van der Waals surface area contributed by atoms with E-state index in [1.807, 2.05) is 31.5 Å². The number of H-pyrrole nitrogens is 1. The molecule has 4 aromatic rings. The number of imidazole rings is 1. The first-order chi connectivity index (χ1) is 13.8. The van der Waals surface area contributed by atoms with Crippen LogP contribution in [0.2, 0.25) is 0 Å². The van der Waals surface area contributed by atoms with E-state index in [4.69, 9.17) is 5.73 Å². The summed E-state index contributed by atoms with van der Waals surface area (Å²) in [4.78, 5) is 23.8. The van der Waals surface area contributed by atoms with Gasteiger partial charge in [0.15, 0.2) is 0 Å². The maximum absolute atomic E-state index is 15.0. The Morgan fingerprint density at radius 2 is 2.03 bits per heavy atom. The van der Waals surface area contributed by atoms with Gasteiger partial charge in [0.2, 0.25) is 0 Å². The molecule has 0 radical (unpaired) electrons. The molecule has 3 aromatic heterocycles. The van der Waals surface area contributed by atoms with Crippen LogP contribution in [0.1, 0.15) is 21.7 Å². The number of amides is 1. The highest BCUT2D eigenvalue weighted by molar-refractivity contribution is 6.09. The van der Waals surface area contributed by atoms with Crippen molar-refractivity contribution in [3.63, 3.8) is 0 Å². The molecule has 0 unspecified atom stereocenters. The van der Waals surface area contributed by atoms with E-state index in [-0.39, 0.29) is 11.7 Å². The Hall–Kier alpha value is -3.68. The van der Waals surface area contributed by atoms with Gasteiger partial charge >= 0.3 is 0 Å². The fourth-order valence-electron chi connectivity index (χ4n) is 3.45. The molecule has 4 N–H and O–H groups in total. The molecule has 1 amide bonds. The number of nitrogens with one attached hydrogen (secondary N) is 2. The molecule has 29 heavy (non-hydrogen) atoms. The second kappa shape index (κ2) is 6.73. The maximum Gasteiger partial charge on any atom is 0.253 e. The number of aryl methyl sites for hydroxylation is 1. The quantitative estimate of drug-likeness (QED) is 0.498. The van der Waals surface area contributed by atoms with E-state index in [1.165, 1.54) is 19.3 Å². The van der Waals surface area contributed by atoms with Crippen molar-refractivity contribution in [3.05, 3.63) is 53.2 Å². The van der Waals surface area contributed by atoms with Gasteiger partial charge in [-0.1, -0.05) is 6.07 Å². The second-order valence-electron chi connectivity index (χ2n) is 6.97. The van der Waals surface area contributed by atoms with E-state index < -0.39 is 5.82 Å². The smallest absolute Gasteiger partial charge is 0.253 e. The molecule has 0 fully saturated rings. The zero-order valence-electron chi connectivity index (χ0n) is 16.6. The van der Waals surface area contributed by atoms with Gasteiger partial charge in [-0.3, -0.25) is 4.79 Å². The number of nitrogen functional groups attached to an aromatic ring is 1. The number of anilines is 1. The summed E-state index contributed by atoms with van der Waals surface area (Å²) in [5.41, 5.74) is 10.3. The van der Waals surface area contributed by atoms with E-state index in [0.29, 0.717) is 39.1 Å². The van der Waals surface area contributed by atoms with Crippen LogP contribution < -0.4 is 11.1 Å². The number of hydrogen-bond donors (Lipinski definition) is 3. The van der Waals surface area contributed by atoms with E-state index in [1.54, 1.807) is 12.1 Å². The lowest BCUT2D eigenvalue weighted by atomic mass is 10.1. The summed E-state index contributed by atoms with van der Waals surface area (Å²) in [6, 6.07) is 6.69. The van der Waals surface area contributed by atoms with Crippen LogP contribution in [0.5, 0.6) is 0 Å². The number of pyridine rings is 1. The summed E-state index contributed by atoms with van der Waals surface area (Å²) in [5, 5.41) is 3.16. The summed E-state index contributed by atoms with van der Waals surface area (Å²) in [5.74, 6) is 0.261. The number of carbonyl (C=O) groups excluding carboxylic acids is 1. The molecule has 0 bridgehead atoms. The number of benzene rings is 1. The van der Waals surface area contributed by atoms with Gasteiger partial charge in [0.05, 0.1) is 16.8 Å². The average molecular weight is 392 g/mol. The third-order valence-corrected chi connectivity index (χ3v) is 5.30. The molecule has 0 aliphatic carbocycles.